The lowest BCUT2D eigenvalue weighted by atomic mass is 9.74. The zero-order chi connectivity index (χ0) is 28.8. The molecule has 1 aromatic carbocycles. The second kappa shape index (κ2) is 13.7. The van der Waals surface area contributed by atoms with Gasteiger partial charge in [0.25, 0.3) is 0 Å². The summed E-state index contributed by atoms with van der Waals surface area (Å²) in [4.78, 5) is 0. The number of fused-ring (bicyclic) bond motifs is 8. The maximum absolute atomic E-state index is 12.0. The minimum Gasteiger partial charge on any atom is -0.462 e. The first-order chi connectivity index (χ1) is 19.2. The van der Waals surface area contributed by atoms with Crippen molar-refractivity contribution in [3.05, 3.63) is 42.5 Å². The molecule has 1 aromatic rings. The van der Waals surface area contributed by atoms with Gasteiger partial charge in [0.15, 0.2) is 5.60 Å². The molecule has 222 valence electrons. The van der Waals surface area contributed by atoms with E-state index in [0.717, 1.165) is 18.4 Å². The van der Waals surface area contributed by atoms with E-state index in [2.05, 4.69) is 18.6 Å². The van der Waals surface area contributed by atoms with Crippen molar-refractivity contribution in [1.82, 2.24) is 0 Å². The number of hydrogen-bond donors (Lipinski definition) is 6. The van der Waals surface area contributed by atoms with Crippen molar-refractivity contribution in [3.8, 4) is 17.8 Å². The fraction of sp³-hybridized carbons (Fsp3) is 0.677. The number of aliphatic hydroxyl groups is 6. The highest BCUT2D eigenvalue weighted by Crippen LogP contribution is 2.42. The van der Waals surface area contributed by atoms with Crippen LogP contribution in [-0.4, -0.2) is 85.3 Å². The van der Waals surface area contributed by atoms with E-state index in [9.17, 15) is 30.6 Å². The average molecular weight is 561 g/mol. The van der Waals surface area contributed by atoms with Gasteiger partial charge in [-0.3, -0.25) is 0 Å². The van der Waals surface area contributed by atoms with Gasteiger partial charge in [-0.25, -0.2) is 0 Å². The third kappa shape index (κ3) is 7.18. The molecule has 5 rings (SSSR count). The highest BCUT2D eigenvalue weighted by Gasteiger charge is 2.59. The zero-order valence-corrected chi connectivity index (χ0v) is 23.0. The summed E-state index contributed by atoms with van der Waals surface area (Å²) in [6, 6.07) is 7.17. The van der Waals surface area contributed by atoms with E-state index >= 15 is 0 Å². The molecule has 1 saturated carbocycles. The first kappa shape index (κ1) is 30.8. The molecule has 4 aliphatic rings. The minimum atomic E-state index is -2.10. The van der Waals surface area contributed by atoms with Crippen molar-refractivity contribution in [2.75, 3.05) is 6.61 Å². The number of ether oxygens (including phenoxy) is 3. The van der Waals surface area contributed by atoms with Gasteiger partial charge in [0.05, 0.1) is 11.7 Å². The third-order valence-electron chi connectivity index (χ3n) is 8.66. The van der Waals surface area contributed by atoms with Gasteiger partial charge in [0, 0.05) is 13.0 Å². The number of hydrogen-bond acceptors (Lipinski definition) is 9. The van der Waals surface area contributed by atoms with Crippen molar-refractivity contribution in [2.24, 2.45) is 5.92 Å². The Morgan fingerprint density at radius 1 is 1.07 bits per heavy atom. The van der Waals surface area contributed by atoms with Gasteiger partial charge in [-0.1, -0.05) is 37.0 Å². The van der Waals surface area contributed by atoms with E-state index in [0.29, 0.717) is 44.3 Å². The van der Waals surface area contributed by atoms with Crippen molar-refractivity contribution in [2.45, 2.75) is 119 Å². The summed E-state index contributed by atoms with van der Waals surface area (Å²) in [7, 11) is 0. The number of aliphatic hydroxyl groups excluding tert-OH is 4. The molecule has 0 amide bonds. The van der Waals surface area contributed by atoms with Gasteiger partial charge in [-0.05, 0) is 75.0 Å². The van der Waals surface area contributed by atoms with Gasteiger partial charge in [-0.15, -0.1) is 6.58 Å². The molecule has 6 N–H and O–H groups in total. The van der Waals surface area contributed by atoms with E-state index in [1.165, 1.54) is 0 Å². The molecule has 3 aliphatic heterocycles. The molecule has 0 spiro atoms. The second-order valence-corrected chi connectivity index (χ2v) is 11.6. The summed E-state index contributed by atoms with van der Waals surface area (Å²) in [6.07, 6.45) is 2.01. The number of benzene rings is 1. The SMILES string of the molecule is C=CCc1ccc(O[C@@H]2O[C@H]3[C@@H](O)[C@H](O)[C@@]2(O)CC(CCC2(O)CCCC2)[C@@H](O)CC#CO[C@@H]3CCCO)cc1. The molecule has 8 atom stereocenters. The first-order valence-corrected chi connectivity index (χ1v) is 14.4. The van der Waals surface area contributed by atoms with Crippen molar-refractivity contribution in [3.63, 3.8) is 0 Å². The average Bonchev–Trinajstić information content (AvgIpc) is 3.38. The normalized spacial score (nSPS) is 35.5. The number of allylic oxidation sites excluding steroid dienone is 1. The molecule has 1 unspecified atom stereocenters. The summed E-state index contributed by atoms with van der Waals surface area (Å²) in [6.45, 7) is 3.63. The Labute approximate surface area is 236 Å². The number of rotatable bonds is 10. The van der Waals surface area contributed by atoms with Gasteiger partial charge in [0.2, 0.25) is 6.29 Å². The molecule has 9 nitrogen and oxygen atoms in total. The summed E-state index contributed by atoms with van der Waals surface area (Å²) in [5, 5.41) is 66.1. The van der Waals surface area contributed by atoms with Gasteiger partial charge in [0.1, 0.15) is 36.3 Å². The predicted molar refractivity (Wildman–Crippen MR) is 147 cm³/mol. The summed E-state index contributed by atoms with van der Waals surface area (Å²) >= 11 is 0. The Kier molecular flexibility index (Phi) is 10.5. The van der Waals surface area contributed by atoms with Crippen LogP contribution < -0.4 is 4.74 Å². The predicted octanol–water partition coefficient (Wildman–Crippen LogP) is 1.95. The lowest BCUT2D eigenvalue weighted by molar-refractivity contribution is -0.333. The fourth-order valence-corrected chi connectivity index (χ4v) is 6.21. The Morgan fingerprint density at radius 3 is 2.48 bits per heavy atom. The molecular weight excluding hydrogens is 516 g/mol. The van der Waals surface area contributed by atoms with Crippen molar-refractivity contribution >= 4 is 0 Å². The van der Waals surface area contributed by atoms with E-state index < -0.39 is 53.9 Å². The standard InChI is InChI=1S/C31H44O9/c1-2-7-21-10-12-23(13-11-21)39-29-31(37)20-22(14-17-30(36)15-3-4-16-30)24(33)8-6-19-38-25(9-5-18-32)27(40-29)26(34)28(31)35/h2,10-13,22,24-29,32-37H,1,3-5,7-9,14-18,20H2/t22?,24-,25+,26+,27+,28-,29+,31-/m0/s1. The molecule has 1 saturated heterocycles. The molecule has 2 fully saturated rings. The van der Waals surface area contributed by atoms with Crippen LogP contribution in [0.2, 0.25) is 0 Å². The van der Waals surface area contributed by atoms with Crippen LogP contribution in [0.1, 0.15) is 69.8 Å². The largest absolute Gasteiger partial charge is 0.462 e. The molecular formula is C31H44O9. The van der Waals surface area contributed by atoms with Gasteiger partial charge in [-0.2, -0.15) is 0 Å². The Morgan fingerprint density at radius 2 is 1.80 bits per heavy atom. The topological polar surface area (TPSA) is 149 Å². The molecule has 0 aromatic heterocycles. The summed E-state index contributed by atoms with van der Waals surface area (Å²) in [5.74, 6) is 2.62. The molecule has 1 aliphatic carbocycles. The Balaban J connectivity index is 1.67. The maximum Gasteiger partial charge on any atom is 0.232 e. The first-order valence-electron chi connectivity index (χ1n) is 14.4. The van der Waals surface area contributed by atoms with Crippen LogP contribution >= 0.6 is 0 Å². The summed E-state index contributed by atoms with van der Waals surface area (Å²) in [5.41, 5.74) is -1.91. The summed E-state index contributed by atoms with van der Waals surface area (Å²) < 4.78 is 18.0. The maximum atomic E-state index is 12.0. The van der Waals surface area contributed by atoms with Crippen LogP contribution in [0.3, 0.4) is 0 Å². The molecule has 2 bridgehead atoms. The highest BCUT2D eigenvalue weighted by molar-refractivity contribution is 5.29. The van der Waals surface area contributed by atoms with E-state index in [1.54, 1.807) is 18.2 Å². The van der Waals surface area contributed by atoms with Crippen LogP contribution in [0.5, 0.6) is 5.75 Å². The van der Waals surface area contributed by atoms with Crippen LogP contribution in [0.25, 0.3) is 0 Å². The van der Waals surface area contributed by atoms with Crippen molar-refractivity contribution < 1.29 is 44.8 Å². The van der Waals surface area contributed by atoms with Gasteiger partial charge < -0.3 is 44.8 Å². The molecule has 40 heavy (non-hydrogen) atoms. The lowest BCUT2D eigenvalue weighted by Crippen LogP contribution is -2.70. The zero-order valence-electron chi connectivity index (χ0n) is 23.0. The monoisotopic (exact) mass is 560 g/mol. The van der Waals surface area contributed by atoms with Crippen molar-refractivity contribution in [1.29, 1.82) is 0 Å². The van der Waals surface area contributed by atoms with E-state index in [4.69, 9.17) is 14.2 Å². The Bertz CT molecular complexity index is 1010. The molecule has 9 heteroatoms. The molecule has 0 radical (unpaired) electrons. The third-order valence-corrected chi connectivity index (χ3v) is 8.66. The molecule has 3 heterocycles. The second-order valence-electron chi connectivity index (χ2n) is 11.6. The Hall–Kier alpha value is -2.16. The van der Waals surface area contributed by atoms with Crippen LogP contribution in [0.4, 0.5) is 0 Å². The minimum absolute atomic E-state index is 0.0619. The van der Waals surface area contributed by atoms with E-state index in [-0.39, 0.29) is 25.9 Å². The van der Waals surface area contributed by atoms with Crippen LogP contribution in [0, 0.1) is 17.9 Å². The van der Waals surface area contributed by atoms with Crippen LogP contribution in [-0.2, 0) is 15.9 Å². The smallest absolute Gasteiger partial charge is 0.232 e. The fourth-order valence-electron chi connectivity index (χ4n) is 6.21. The van der Waals surface area contributed by atoms with E-state index in [1.807, 2.05) is 12.1 Å². The van der Waals surface area contributed by atoms with Crippen LogP contribution in [0.15, 0.2) is 36.9 Å². The van der Waals surface area contributed by atoms with Gasteiger partial charge >= 0.3 is 0 Å². The highest BCUT2D eigenvalue weighted by atomic mass is 16.7. The lowest BCUT2D eigenvalue weighted by Gasteiger charge is -2.50. The quantitative estimate of drug-likeness (QED) is 0.187.